The first-order valence-electron chi connectivity index (χ1n) is 5.82. The zero-order chi connectivity index (χ0) is 13.7. The molecular formula is C12H16N4O2S. The molecule has 2 rings (SSSR count). The van der Waals surface area contributed by atoms with Crippen molar-refractivity contribution in [2.75, 3.05) is 0 Å². The molecule has 0 radical (unpaired) electrons. The normalized spacial score (nSPS) is 11.6. The van der Waals surface area contributed by atoms with Crippen LogP contribution in [0.4, 0.5) is 0 Å². The van der Waals surface area contributed by atoms with E-state index in [1.807, 2.05) is 12.1 Å². The van der Waals surface area contributed by atoms with Crippen LogP contribution in [-0.2, 0) is 28.9 Å². The highest BCUT2D eigenvalue weighted by molar-refractivity contribution is 7.88. The van der Waals surface area contributed by atoms with E-state index < -0.39 is 10.0 Å². The molecule has 0 aliphatic rings. The molecule has 0 amide bonds. The van der Waals surface area contributed by atoms with Gasteiger partial charge in [0.2, 0.25) is 10.0 Å². The number of hydrogen-bond donors (Lipinski definition) is 3. The minimum atomic E-state index is -3.39. The molecule has 1 aromatic carbocycles. The van der Waals surface area contributed by atoms with Crippen LogP contribution >= 0.6 is 0 Å². The van der Waals surface area contributed by atoms with Gasteiger partial charge >= 0.3 is 0 Å². The van der Waals surface area contributed by atoms with Crippen LogP contribution in [0.15, 0.2) is 36.7 Å². The Morgan fingerprint density at radius 2 is 2.00 bits per heavy atom. The summed E-state index contributed by atoms with van der Waals surface area (Å²) in [6, 6.07) is 7.26. The number of H-pyrrole nitrogens is 1. The number of nitrogens with two attached hydrogens (primary N) is 1. The van der Waals surface area contributed by atoms with Crippen molar-refractivity contribution in [2.24, 2.45) is 5.73 Å². The Balaban J connectivity index is 2.04. The van der Waals surface area contributed by atoms with Crippen LogP contribution in [0.1, 0.15) is 16.7 Å². The summed E-state index contributed by atoms with van der Waals surface area (Å²) in [7, 11) is -3.39. The topological polar surface area (TPSA) is 101 Å². The zero-order valence-electron chi connectivity index (χ0n) is 10.3. The van der Waals surface area contributed by atoms with Crippen LogP contribution in [0.25, 0.3) is 0 Å². The summed E-state index contributed by atoms with van der Waals surface area (Å²) < 4.78 is 26.5. The number of nitrogens with zero attached hydrogens (tertiary/aromatic N) is 1. The highest BCUT2D eigenvalue weighted by atomic mass is 32.2. The molecule has 102 valence electrons. The monoisotopic (exact) mass is 280 g/mol. The molecule has 0 unspecified atom stereocenters. The lowest BCUT2D eigenvalue weighted by Crippen LogP contribution is -2.25. The number of benzene rings is 1. The molecule has 0 atom stereocenters. The molecule has 0 saturated carbocycles. The van der Waals surface area contributed by atoms with Gasteiger partial charge in [0.05, 0.1) is 11.9 Å². The second-order valence-electron chi connectivity index (χ2n) is 4.16. The molecule has 0 spiro atoms. The van der Waals surface area contributed by atoms with Gasteiger partial charge in [-0.3, -0.25) is 5.10 Å². The third-order valence-electron chi connectivity index (χ3n) is 2.73. The first kappa shape index (κ1) is 13.7. The van der Waals surface area contributed by atoms with Gasteiger partial charge in [-0.05, 0) is 11.1 Å². The Hall–Kier alpha value is -1.70. The number of hydrogen-bond acceptors (Lipinski definition) is 4. The molecule has 0 aliphatic heterocycles. The first-order chi connectivity index (χ1) is 9.11. The maximum Gasteiger partial charge on any atom is 0.216 e. The van der Waals surface area contributed by atoms with Crippen LogP contribution in [0, 0.1) is 0 Å². The van der Waals surface area contributed by atoms with E-state index in [4.69, 9.17) is 5.73 Å². The van der Waals surface area contributed by atoms with Crippen molar-refractivity contribution in [1.29, 1.82) is 0 Å². The molecule has 1 aromatic heterocycles. The summed E-state index contributed by atoms with van der Waals surface area (Å²) in [5, 5.41) is 6.39. The summed E-state index contributed by atoms with van der Waals surface area (Å²) in [4.78, 5) is 0. The molecule has 1 heterocycles. The first-order valence-corrected chi connectivity index (χ1v) is 7.48. The van der Waals surface area contributed by atoms with E-state index >= 15 is 0 Å². The predicted molar refractivity (Wildman–Crippen MR) is 72.4 cm³/mol. The highest BCUT2D eigenvalue weighted by Crippen LogP contribution is 2.11. The van der Waals surface area contributed by atoms with Crippen LogP contribution in [-0.4, -0.2) is 18.6 Å². The smallest absolute Gasteiger partial charge is 0.216 e. The zero-order valence-corrected chi connectivity index (χ0v) is 11.2. The summed E-state index contributed by atoms with van der Waals surface area (Å²) in [6.07, 6.45) is 3.23. The van der Waals surface area contributed by atoms with Crippen LogP contribution < -0.4 is 10.5 Å². The number of nitrogens with one attached hydrogen (secondary N) is 2. The van der Waals surface area contributed by atoms with E-state index in [-0.39, 0.29) is 12.3 Å². The van der Waals surface area contributed by atoms with Crippen LogP contribution in [0.2, 0.25) is 0 Å². The Kier molecular flexibility index (Phi) is 4.31. The SMILES string of the molecule is NCc1ccccc1CS(=O)(=O)NCc1cn[nH]c1. The minimum Gasteiger partial charge on any atom is -0.326 e. The van der Waals surface area contributed by atoms with Gasteiger partial charge in [-0.15, -0.1) is 0 Å². The molecule has 19 heavy (non-hydrogen) atoms. The van der Waals surface area contributed by atoms with Crippen molar-refractivity contribution in [3.8, 4) is 0 Å². The fraction of sp³-hybridized carbons (Fsp3) is 0.250. The summed E-state index contributed by atoms with van der Waals surface area (Å²) >= 11 is 0. The molecule has 2 aromatic rings. The Labute approximate surface area is 112 Å². The number of aromatic nitrogens is 2. The van der Waals surface area contributed by atoms with Gasteiger partial charge in [0.15, 0.2) is 0 Å². The van der Waals surface area contributed by atoms with Gasteiger partial charge in [-0.2, -0.15) is 5.10 Å². The highest BCUT2D eigenvalue weighted by Gasteiger charge is 2.13. The van der Waals surface area contributed by atoms with E-state index in [9.17, 15) is 8.42 Å². The molecule has 0 aliphatic carbocycles. The average Bonchev–Trinajstić information content (AvgIpc) is 2.90. The maximum absolute atomic E-state index is 12.0. The lowest BCUT2D eigenvalue weighted by atomic mass is 10.1. The van der Waals surface area contributed by atoms with Gasteiger partial charge in [0.25, 0.3) is 0 Å². The molecule has 0 saturated heterocycles. The summed E-state index contributed by atoms with van der Waals surface area (Å²) in [6.45, 7) is 0.553. The van der Waals surface area contributed by atoms with Gasteiger partial charge in [0, 0.05) is 24.8 Å². The third kappa shape index (κ3) is 3.88. The van der Waals surface area contributed by atoms with Crippen molar-refractivity contribution in [3.63, 3.8) is 0 Å². The molecule has 6 nitrogen and oxygen atoms in total. The van der Waals surface area contributed by atoms with E-state index in [1.54, 1.807) is 24.5 Å². The fourth-order valence-corrected chi connectivity index (χ4v) is 2.90. The molecular weight excluding hydrogens is 264 g/mol. The fourth-order valence-electron chi connectivity index (χ4n) is 1.72. The van der Waals surface area contributed by atoms with Crippen molar-refractivity contribution < 1.29 is 8.42 Å². The third-order valence-corrected chi connectivity index (χ3v) is 4.01. The van der Waals surface area contributed by atoms with Crippen LogP contribution in [0.3, 0.4) is 0 Å². The van der Waals surface area contributed by atoms with E-state index in [2.05, 4.69) is 14.9 Å². The summed E-state index contributed by atoms with van der Waals surface area (Å²) in [5.41, 5.74) is 7.95. The van der Waals surface area contributed by atoms with Crippen molar-refractivity contribution in [2.45, 2.75) is 18.8 Å². The van der Waals surface area contributed by atoms with Gasteiger partial charge < -0.3 is 5.73 Å². The largest absolute Gasteiger partial charge is 0.326 e. The molecule has 4 N–H and O–H groups in total. The predicted octanol–water partition coefficient (Wildman–Crippen LogP) is 0.488. The molecule has 7 heteroatoms. The van der Waals surface area contributed by atoms with Gasteiger partial charge in [0.1, 0.15) is 0 Å². The van der Waals surface area contributed by atoms with Crippen molar-refractivity contribution in [1.82, 2.24) is 14.9 Å². The van der Waals surface area contributed by atoms with E-state index in [1.165, 1.54) is 0 Å². The Morgan fingerprint density at radius 3 is 2.63 bits per heavy atom. The van der Waals surface area contributed by atoms with Crippen LogP contribution in [0.5, 0.6) is 0 Å². The Bertz CT molecular complexity index is 623. The van der Waals surface area contributed by atoms with Crippen molar-refractivity contribution in [3.05, 3.63) is 53.3 Å². The number of aromatic amines is 1. The second kappa shape index (κ2) is 5.96. The standard InChI is InChI=1S/C12H16N4O2S/c13-5-11-3-1-2-4-12(11)9-19(17,18)16-8-10-6-14-15-7-10/h1-4,6-7,16H,5,8-9,13H2,(H,14,15). The van der Waals surface area contributed by atoms with E-state index in [0.717, 1.165) is 16.7 Å². The maximum atomic E-state index is 12.0. The minimum absolute atomic E-state index is 0.0712. The number of rotatable bonds is 6. The average molecular weight is 280 g/mol. The summed E-state index contributed by atoms with van der Waals surface area (Å²) in [5.74, 6) is -0.0712. The molecule has 0 bridgehead atoms. The Morgan fingerprint density at radius 1 is 1.26 bits per heavy atom. The lowest BCUT2D eigenvalue weighted by Gasteiger charge is -2.09. The van der Waals surface area contributed by atoms with E-state index in [0.29, 0.717) is 6.54 Å². The van der Waals surface area contributed by atoms with Crippen molar-refractivity contribution >= 4 is 10.0 Å². The van der Waals surface area contributed by atoms with Gasteiger partial charge in [-0.25, -0.2) is 13.1 Å². The lowest BCUT2D eigenvalue weighted by molar-refractivity contribution is 0.580. The second-order valence-corrected chi connectivity index (χ2v) is 5.97. The quantitative estimate of drug-likeness (QED) is 0.716. The van der Waals surface area contributed by atoms with Gasteiger partial charge in [-0.1, -0.05) is 24.3 Å². The number of sulfonamides is 1. The molecule has 0 fully saturated rings.